The van der Waals surface area contributed by atoms with E-state index < -0.39 is 0 Å². The first-order chi connectivity index (χ1) is 9.06. The lowest BCUT2D eigenvalue weighted by Crippen LogP contribution is -2.34. The standard InChI is InChI=1S/C16H24BrNO/c1-11(2)14-8-7-12(3)9-15(14)19-10-13-5-4-6-16(17)18-13/h4-6,11-12,14-15H,7-10H2,1-3H3/t12-,14+,15-/m1/s1. The quantitative estimate of drug-likeness (QED) is 0.740. The normalized spacial score (nSPS) is 27.7. The van der Waals surface area contributed by atoms with Gasteiger partial charge in [-0.3, -0.25) is 0 Å². The number of hydrogen-bond acceptors (Lipinski definition) is 2. The molecule has 1 aliphatic rings. The summed E-state index contributed by atoms with van der Waals surface area (Å²) < 4.78 is 7.07. The van der Waals surface area contributed by atoms with Gasteiger partial charge in [0.15, 0.2) is 0 Å². The van der Waals surface area contributed by atoms with Crippen LogP contribution >= 0.6 is 15.9 Å². The molecule has 1 fully saturated rings. The highest BCUT2D eigenvalue weighted by Crippen LogP contribution is 2.35. The van der Waals surface area contributed by atoms with Crippen LogP contribution in [0.4, 0.5) is 0 Å². The average molecular weight is 326 g/mol. The van der Waals surface area contributed by atoms with E-state index in [9.17, 15) is 0 Å². The first-order valence-electron chi connectivity index (χ1n) is 7.29. The van der Waals surface area contributed by atoms with Crippen molar-refractivity contribution >= 4 is 15.9 Å². The van der Waals surface area contributed by atoms with Crippen LogP contribution in [-0.2, 0) is 11.3 Å². The number of rotatable bonds is 4. The lowest BCUT2D eigenvalue weighted by molar-refractivity contribution is -0.0483. The van der Waals surface area contributed by atoms with Gasteiger partial charge in [-0.1, -0.05) is 33.3 Å². The molecule has 0 aromatic carbocycles. The maximum atomic E-state index is 6.18. The first-order valence-corrected chi connectivity index (χ1v) is 8.08. The SMILES string of the molecule is CC(C)[C@@H]1CC[C@@H](C)C[C@H]1OCc1cccc(Br)n1. The molecule has 1 saturated carbocycles. The van der Waals surface area contributed by atoms with E-state index in [0.717, 1.165) is 16.2 Å². The fraction of sp³-hybridized carbons (Fsp3) is 0.688. The minimum atomic E-state index is 0.393. The van der Waals surface area contributed by atoms with Crippen molar-refractivity contribution in [2.45, 2.75) is 52.7 Å². The van der Waals surface area contributed by atoms with Gasteiger partial charge in [0, 0.05) is 0 Å². The number of aromatic nitrogens is 1. The molecule has 0 bridgehead atoms. The highest BCUT2D eigenvalue weighted by molar-refractivity contribution is 9.10. The summed E-state index contributed by atoms with van der Waals surface area (Å²) in [6.45, 7) is 7.59. The maximum absolute atomic E-state index is 6.18. The van der Waals surface area contributed by atoms with E-state index in [1.54, 1.807) is 0 Å². The molecule has 0 N–H and O–H groups in total. The molecule has 1 aromatic heterocycles. The molecule has 1 heterocycles. The Morgan fingerprint density at radius 2 is 2.16 bits per heavy atom. The van der Waals surface area contributed by atoms with Crippen molar-refractivity contribution in [1.29, 1.82) is 0 Å². The molecule has 2 nitrogen and oxygen atoms in total. The predicted molar refractivity (Wildman–Crippen MR) is 81.9 cm³/mol. The zero-order chi connectivity index (χ0) is 13.8. The highest BCUT2D eigenvalue weighted by Gasteiger charge is 2.31. The van der Waals surface area contributed by atoms with E-state index in [2.05, 4.69) is 41.7 Å². The molecule has 1 aromatic rings. The largest absolute Gasteiger partial charge is 0.372 e. The van der Waals surface area contributed by atoms with Crippen LogP contribution in [-0.4, -0.2) is 11.1 Å². The summed E-state index contributed by atoms with van der Waals surface area (Å²) in [5, 5.41) is 0. The smallest absolute Gasteiger partial charge is 0.106 e. The molecule has 3 heteroatoms. The van der Waals surface area contributed by atoms with E-state index in [1.165, 1.54) is 19.3 Å². The van der Waals surface area contributed by atoms with E-state index in [4.69, 9.17) is 4.74 Å². The number of nitrogens with zero attached hydrogens (tertiary/aromatic N) is 1. The molecule has 19 heavy (non-hydrogen) atoms. The Kier molecular flexibility index (Phi) is 5.40. The van der Waals surface area contributed by atoms with Crippen LogP contribution in [0.15, 0.2) is 22.8 Å². The van der Waals surface area contributed by atoms with E-state index in [-0.39, 0.29) is 0 Å². The summed E-state index contributed by atoms with van der Waals surface area (Å²) in [6, 6.07) is 5.99. The second-order valence-corrected chi connectivity index (χ2v) is 6.94. The molecule has 0 unspecified atom stereocenters. The molecule has 1 aliphatic carbocycles. The molecule has 0 radical (unpaired) electrons. The molecular formula is C16H24BrNO. The molecule has 106 valence electrons. The van der Waals surface area contributed by atoms with Crippen LogP contribution in [0.5, 0.6) is 0 Å². The number of hydrogen-bond donors (Lipinski definition) is 0. The summed E-state index contributed by atoms with van der Waals surface area (Å²) in [4.78, 5) is 4.44. The Labute approximate surface area is 125 Å². The van der Waals surface area contributed by atoms with E-state index in [0.29, 0.717) is 24.5 Å². The van der Waals surface area contributed by atoms with Crippen molar-refractivity contribution < 1.29 is 4.74 Å². The van der Waals surface area contributed by atoms with Gasteiger partial charge >= 0.3 is 0 Å². The zero-order valence-corrected chi connectivity index (χ0v) is 13.7. The Balaban J connectivity index is 1.95. The van der Waals surface area contributed by atoms with Crippen molar-refractivity contribution in [2.24, 2.45) is 17.8 Å². The van der Waals surface area contributed by atoms with Crippen molar-refractivity contribution in [3.05, 3.63) is 28.5 Å². The summed E-state index contributed by atoms with van der Waals surface area (Å²) in [7, 11) is 0. The van der Waals surface area contributed by atoms with Crippen LogP contribution in [0.25, 0.3) is 0 Å². The van der Waals surface area contributed by atoms with Crippen LogP contribution in [0, 0.1) is 17.8 Å². The second kappa shape index (κ2) is 6.85. The Bertz CT molecular complexity index is 407. The third-order valence-corrected chi connectivity index (χ3v) is 4.62. The monoisotopic (exact) mass is 325 g/mol. The van der Waals surface area contributed by atoms with Gasteiger partial charge in [0.1, 0.15) is 4.60 Å². The minimum Gasteiger partial charge on any atom is -0.372 e. The number of halogens is 1. The van der Waals surface area contributed by atoms with Crippen LogP contribution in [0.3, 0.4) is 0 Å². The fourth-order valence-corrected chi connectivity index (χ4v) is 3.41. The summed E-state index contributed by atoms with van der Waals surface area (Å²) >= 11 is 3.41. The predicted octanol–water partition coefficient (Wildman–Crippen LogP) is 4.82. The fourth-order valence-electron chi connectivity index (χ4n) is 3.03. The molecule has 0 aliphatic heterocycles. The van der Waals surface area contributed by atoms with Crippen molar-refractivity contribution in [1.82, 2.24) is 4.98 Å². The van der Waals surface area contributed by atoms with Gasteiger partial charge in [-0.25, -0.2) is 4.98 Å². The van der Waals surface area contributed by atoms with Crippen molar-refractivity contribution in [3.63, 3.8) is 0 Å². The Morgan fingerprint density at radius 1 is 1.37 bits per heavy atom. The van der Waals surface area contributed by atoms with Gasteiger partial charge in [-0.2, -0.15) is 0 Å². The van der Waals surface area contributed by atoms with Gasteiger partial charge in [0.2, 0.25) is 0 Å². The summed E-state index contributed by atoms with van der Waals surface area (Å²) in [5.41, 5.74) is 1.01. The summed E-state index contributed by atoms with van der Waals surface area (Å²) in [5.74, 6) is 2.19. The lowest BCUT2D eigenvalue weighted by atomic mass is 9.75. The van der Waals surface area contributed by atoms with Gasteiger partial charge in [-0.05, 0) is 58.7 Å². The van der Waals surface area contributed by atoms with Gasteiger partial charge < -0.3 is 4.74 Å². The topological polar surface area (TPSA) is 22.1 Å². The maximum Gasteiger partial charge on any atom is 0.106 e. The van der Waals surface area contributed by atoms with E-state index >= 15 is 0 Å². The lowest BCUT2D eigenvalue weighted by Gasteiger charge is -2.37. The Hall–Kier alpha value is -0.410. The van der Waals surface area contributed by atoms with Crippen molar-refractivity contribution in [2.75, 3.05) is 0 Å². The van der Waals surface area contributed by atoms with Gasteiger partial charge in [-0.15, -0.1) is 0 Å². The zero-order valence-electron chi connectivity index (χ0n) is 12.1. The molecule has 0 saturated heterocycles. The van der Waals surface area contributed by atoms with Gasteiger partial charge in [0.05, 0.1) is 18.4 Å². The van der Waals surface area contributed by atoms with Crippen molar-refractivity contribution in [3.8, 4) is 0 Å². The highest BCUT2D eigenvalue weighted by atomic mass is 79.9. The van der Waals surface area contributed by atoms with E-state index in [1.807, 2.05) is 18.2 Å². The molecule has 3 atom stereocenters. The third kappa shape index (κ3) is 4.28. The second-order valence-electron chi connectivity index (χ2n) is 6.13. The van der Waals surface area contributed by atoms with Crippen LogP contribution in [0.2, 0.25) is 0 Å². The minimum absolute atomic E-state index is 0.393. The molecular weight excluding hydrogens is 302 g/mol. The van der Waals surface area contributed by atoms with Crippen LogP contribution in [0.1, 0.15) is 45.7 Å². The van der Waals surface area contributed by atoms with Crippen LogP contribution < -0.4 is 0 Å². The summed E-state index contributed by atoms with van der Waals surface area (Å²) in [6.07, 6.45) is 4.23. The molecule has 2 rings (SSSR count). The third-order valence-electron chi connectivity index (χ3n) is 4.18. The van der Waals surface area contributed by atoms with Gasteiger partial charge in [0.25, 0.3) is 0 Å². The average Bonchev–Trinajstić information content (AvgIpc) is 2.36. The molecule has 0 amide bonds. The molecule has 0 spiro atoms. The number of pyridine rings is 1. The Morgan fingerprint density at radius 3 is 2.84 bits per heavy atom. The first kappa shape index (κ1) is 15.0. The number of ether oxygens (including phenoxy) is 1.